The van der Waals surface area contributed by atoms with Crippen molar-refractivity contribution in [3.63, 3.8) is 0 Å². The van der Waals surface area contributed by atoms with Crippen LogP contribution in [0.2, 0.25) is 10.0 Å². The lowest BCUT2D eigenvalue weighted by atomic mass is 10.1. The summed E-state index contributed by atoms with van der Waals surface area (Å²) >= 11 is 12.3. The summed E-state index contributed by atoms with van der Waals surface area (Å²) in [7, 11) is 0. The lowest BCUT2D eigenvalue weighted by Gasteiger charge is -2.07. The molecule has 0 aliphatic carbocycles. The van der Waals surface area contributed by atoms with Gasteiger partial charge in [-0.3, -0.25) is 4.79 Å². The number of fused-ring (bicyclic) bond motifs is 1. The van der Waals surface area contributed by atoms with Crippen LogP contribution in [-0.2, 0) is 11.2 Å². The molecule has 4 rings (SSSR count). The molecular formula is C23H18Cl2N4O4. The van der Waals surface area contributed by atoms with Gasteiger partial charge in [-0.2, -0.15) is 0 Å². The first-order chi connectivity index (χ1) is 15.9. The van der Waals surface area contributed by atoms with Crippen molar-refractivity contribution in [1.29, 1.82) is 0 Å². The Balaban J connectivity index is 1.43. The number of aromatic nitrogens is 3. The number of hydrogen-bond donors (Lipinski definition) is 3. The Morgan fingerprint density at radius 2 is 1.88 bits per heavy atom. The highest BCUT2D eigenvalue weighted by molar-refractivity contribution is 6.36. The summed E-state index contributed by atoms with van der Waals surface area (Å²) in [4.78, 5) is 35.3. The maximum absolute atomic E-state index is 12.8. The number of nitrogens with zero attached hydrogens (tertiary/aromatic N) is 2. The van der Waals surface area contributed by atoms with Crippen LogP contribution in [0.5, 0.6) is 5.75 Å². The minimum Gasteiger partial charge on any atom is -0.482 e. The minimum atomic E-state index is -1.03. The number of amides is 1. The molecule has 4 aromatic rings. The van der Waals surface area contributed by atoms with E-state index in [0.717, 1.165) is 5.56 Å². The second kappa shape index (κ2) is 9.89. The molecule has 3 N–H and O–H groups in total. The molecule has 0 aliphatic rings. The number of aliphatic carboxylic acids is 1. The van der Waals surface area contributed by atoms with Gasteiger partial charge in [-0.05, 0) is 48.4 Å². The maximum Gasteiger partial charge on any atom is 0.341 e. The van der Waals surface area contributed by atoms with Crippen LogP contribution in [0.1, 0.15) is 15.9 Å². The van der Waals surface area contributed by atoms with Gasteiger partial charge in [0.15, 0.2) is 12.3 Å². The Morgan fingerprint density at radius 1 is 1.09 bits per heavy atom. The van der Waals surface area contributed by atoms with E-state index < -0.39 is 12.6 Å². The summed E-state index contributed by atoms with van der Waals surface area (Å²) in [5.41, 5.74) is 2.93. The standard InChI is InChI=1S/C23H18Cl2N4O4/c24-14-3-6-16(18(25)11-14)21-28-20-17(8-10-26-22(20)29-21)23(32)27-9-7-13-1-4-15(5-2-13)33-12-19(30)31/h1-6,8,10-11H,7,9,12H2,(H,27,32)(H,30,31)(H,26,28,29). The average Bonchev–Trinajstić information content (AvgIpc) is 3.22. The molecule has 2 aromatic heterocycles. The summed E-state index contributed by atoms with van der Waals surface area (Å²) in [6.07, 6.45) is 2.13. The molecule has 33 heavy (non-hydrogen) atoms. The zero-order chi connectivity index (χ0) is 23.4. The third-order valence-corrected chi connectivity index (χ3v) is 5.35. The van der Waals surface area contributed by atoms with Crippen molar-refractivity contribution in [2.45, 2.75) is 6.42 Å². The number of nitrogens with one attached hydrogen (secondary N) is 2. The molecule has 0 radical (unpaired) electrons. The topological polar surface area (TPSA) is 117 Å². The number of aromatic amines is 1. The minimum absolute atomic E-state index is 0.274. The van der Waals surface area contributed by atoms with Crippen molar-refractivity contribution in [2.24, 2.45) is 0 Å². The Hall–Kier alpha value is -3.62. The molecule has 0 atom stereocenters. The monoisotopic (exact) mass is 484 g/mol. The van der Waals surface area contributed by atoms with Crippen molar-refractivity contribution in [1.82, 2.24) is 20.3 Å². The van der Waals surface area contributed by atoms with E-state index in [4.69, 9.17) is 33.0 Å². The predicted octanol–water partition coefficient (Wildman–Crippen LogP) is 4.37. The molecule has 168 valence electrons. The van der Waals surface area contributed by atoms with Crippen molar-refractivity contribution in [3.05, 3.63) is 75.9 Å². The smallest absolute Gasteiger partial charge is 0.341 e. The molecule has 0 saturated carbocycles. The zero-order valence-corrected chi connectivity index (χ0v) is 18.7. The average molecular weight is 485 g/mol. The van der Waals surface area contributed by atoms with E-state index in [2.05, 4.69) is 20.3 Å². The lowest BCUT2D eigenvalue weighted by molar-refractivity contribution is -0.139. The van der Waals surface area contributed by atoms with Gasteiger partial charge >= 0.3 is 5.97 Å². The fourth-order valence-electron chi connectivity index (χ4n) is 3.22. The second-order valence-corrected chi connectivity index (χ2v) is 7.94. The van der Waals surface area contributed by atoms with Gasteiger partial charge in [0.2, 0.25) is 0 Å². The van der Waals surface area contributed by atoms with Gasteiger partial charge < -0.3 is 20.1 Å². The number of H-pyrrole nitrogens is 1. The van der Waals surface area contributed by atoms with E-state index in [1.165, 1.54) is 0 Å². The molecule has 0 aliphatic heterocycles. The van der Waals surface area contributed by atoms with Gasteiger partial charge in [-0.15, -0.1) is 0 Å². The number of carboxylic acid groups (broad SMARTS) is 1. The normalized spacial score (nSPS) is 10.8. The number of imidazole rings is 1. The predicted molar refractivity (Wildman–Crippen MR) is 125 cm³/mol. The van der Waals surface area contributed by atoms with Crippen LogP contribution in [0.3, 0.4) is 0 Å². The number of benzene rings is 2. The number of halogens is 2. The summed E-state index contributed by atoms with van der Waals surface area (Å²) in [5, 5.41) is 12.5. The van der Waals surface area contributed by atoms with Crippen LogP contribution in [0, 0.1) is 0 Å². The van der Waals surface area contributed by atoms with Gasteiger partial charge in [0.05, 0.1) is 10.6 Å². The van der Waals surface area contributed by atoms with E-state index >= 15 is 0 Å². The number of carboxylic acids is 1. The van der Waals surface area contributed by atoms with Crippen LogP contribution in [0.25, 0.3) is 22.6 Å². The third kappa shape index (κ3) is 5.42. The number of pyridine rings is 1. The first kappa shape index (κ1) is 22.6. The van der Waals surface area contributed by atoms with Gasteiger partial charge in [0.25, 0.3) is 5.91 Å². The number of hydrogen-bond acceptors (Lipinski definition) is 5. The Morgan fingerprint density at radius 3 is 2.61 bits per heavy atom. The zero-order valence-electron chi connectivity index (χ0n) is 17.1. The van der Waals surface area contributed by atoms with Gasteiger partial charge in [-0.25, -0.2) is 14.8 Å². The molecule has 8 nitrogen and oxygen atoms in total. The van der Waals surface area contributed by atoms with Crippen molar-refractivity contribution >= 4 is 46.2 Å². The van der Waals surface area contributed by atoms with E-state index in [0.29, 0.717) is 56.9 Å². The molecule has 10 heteroatoms. The molecule has 0 bridgehead atoms. The maximum atomic E-state index is 12.8. The Kier molecular flexibility index (Phi) is 6.76. The summed E-state index contributed by atoms with van der Waals surface area (Å²) in [6, 6.07) is 13.7. The SMILES string of the molecule is O=C(O)COc1ccc(CCNC(=O)c2ccnc3[nH]c(-c4ccc(Cl)cc4Cl)nc23)cc1. The van der Waals surface area contributed by atoms with Gasteiger partial charge in [0, 0.05) is 23.3 Å². The molecular weight excluding hydrogens is 467 g/mol. The van der Waals surface area contributed by atoms with Crippen LogP contribution < -0.4 is 10.1 Å². The van der Waals surface area contributed by atoms with Crippen molar-refractivity contribution in [2.75, 3.05) is 13.2 Å². The molecule has 0 saturated heterocycles. The van der Waals surface area contributed by atoms with Gasteiger partial charge in [0.1, 0.15) is 17.1 Å². The van der Waals surface area contributed by atoms with Crippen molar-refractivity contribution in [3.8, 4) is 17.1 Å². The van der Waals surface area contributed by atoms with E-state index in [1.807, 2.05) is 12.1 Å². The summed E-state index contributed by atoms with van der Waals surface area (Å²) in [6.45, 7) is 0.00715. The molecule has 0 unspecified atom stereocenters. The van der Waals surface area contributed by atoms with Gasteiger partial charge in [-0.1, -0.05) is 35.3 Å². The highest BCUT2D eigenvalue weighted by Gasteiger charge is 2.16. The molecule has 2 heterocycles. The van der Waals surface area contributed by atoms with E-state index in [1.54, 1.807) is 42.6 Å². The molecule has 2 aromatic carbocycles. The van der Waals surface area contributed by atoms with Crippen LogP contribution >= 0.6 is 23.2 Å². The largest absolute Gasteiger partial charge is 0.482 e. The highest BCUT2D eigenvalue weighted by Crippen LogP contribution is 2.30. The molecule has 1 amide bonds. The fraction of sp³-hybridized carbons (Fsp3) is 0.130. The van der Waals surface area contributed by atoms with E-state index in [-0.39, 0.29) is 5.91 Å². The Bertz CT molecular complexity index is 1320. The van der Waals surface area contributed by atoms with Crippen LogP contribution in [0.15, 0.2) is 54.7 Å². The second-order valence-electron chi connectivity index (χ2n) is 7.10. The lowest BCUT2D eigenvalue weighted by Crippen LogP contribution is -2.26. The summed E-state index contributed by atoms with van der Waals surface area (Å²) in [5.74, 6) is -0.347. The van der Waals surface area contributed by atoms with Crippen LogP contribution in [-0.4, -0.2) is 45.1 Å². The van der Waals surface area contributed by atoms with E-state index in [9.17, 15) is 9.59 Å². The van der Waals surface area contributed by atoms with Crippen LogP contribution in [0.4, 0.5) is 0 Å². The quantitative estimate of drug-likeness (QED) is 0.341. The van der Waals surface area contributed by atoms with Crippen molar-refractivity contribution < 1.29 is 19.4 Å². The molecule has 0 fully saturated rings. The number of rotatable bonds is 8. The number of carbonyl (C=O) groups excluding carboxylic acids is 1. The third-order valence-electron chi connectivity index (χ3n) is 4.80. The fourth-order valence-corrected chi connectivity index (χ4v) is 3.71. The number of carbonyl (C=O) groups is 2. The first-order valence-electron chi connectivity index (χ1n) is 9.92. The summed E-state index contributed by atoms with van der Waals surface area (Å²) < 4.78 is 5.11. The number of ether oxygens (including phenoxy) is 1. The first-order valence-corrected chi connectivity index (χ1v) is 10.7. The molecule has 0 spiro atoms. The Labute approximate surface area is 198 Å². The highest BCUT2D eigenvalue weighted by atomic mass is 35.5.